The SMILES string of the molecule is CCCCCCC[CH2][Sn]1([O]C(=O)CC(O)(S)C(=O)[O][Sn]2([CH2]CCCCCCC)[O]C(=O)CC(O)(S)C(=O)[O]2)[O]C(=O)CC(O)(S)C(=O)[O]1. The summed E-state index contributed by atoms with van der Waals surface area (Å²) in [6.07, 6.45) is 6.23. The second kappa shape index (κ2) is 19.3. The van der Waals surface area contributed by atoms with Crippen LogP contribution in [0.25, 0.3) is 0 Å². The number of rotatable bonds is 19. The van der Waals surface area contributed by atoms with E-state index < -0.39 is 109 Å². The maximum absolute atomic E-state index is 13.3. The van der Waals surface area contributed by atoms with Gasteiger partial charge in [-0.25, -0.2) is 0 Å². The first-order valence-corrected chi connectivity index (χ1v) is 28.4. The summed E-state index contributed by atoms with van der Waals surface area (Å²) in [4.78, 5) is 68.7. The molecule has 0 spiro atoms. The summed E-state index contributed by atoms with van der Waals surface area (Å²) in [5.74, 6) is -7.92. The first-order chi connectivity index (χ1) is 22.3. The first kappa shape index (κ1) is 43.5. The van der Waals surface area contributed by atoms with Gasteiger partial charge < -0.3 is 0 Å². The van der Waals surface area contributed by atoms with Crippen LogP contribution in [0.4, 0.5) is 0 Å². The van der Waals surface area contributed by atoms with Gasteiger partial charge >= 0.3 is 309 Å². The Morgan fingerprint density at radius 3 is 1.50 bits per heavy atom. The van der Waals surface area contributed by atoms with Crippen molar-refractivity contribution >= 4 is 113 Å². The molecule has 0 saturated carbocycles. The number of carbonyl (C=O) groups excluding carboxylic acids is 6. The number of carbonyl (C=O) groups is 6. The van der Waals surface area contributed by atoms with Crippen molar-refractivity contribution in [2.75, 3.05) is 0 Å². The Morgan fingerprint density at radius 2 is 1.08 bits per heavy atom. The van der Waals surface area contributed by atoms with Gasteiger partial charge in [-0.15, -0.1) is 0 Å². The third-order valence-corrected chi connectivity index (χ3v) is 22.8. The third kappa shape index (κ3) is 13.8. The Balaban J connectivity index is 2.24. The van der Waals surface area contributed by atoms with E-state index in [0.29, 0.717) is 25.7 Å². The van der Waals surface area contributed by atoms with Gasteiger partial charge in [-0.3, -0.25) is 0 Å². The van der Waals surface area contributed by atoms with E-state index in [1.807, 2.05) is 13.8 Å². The van der Waals surface area contributed by atoms with E-state index in [9.17, 15) is 44.1 Å². The van der Waals surface area contributed by atoms with Crippen LogP contribution >= 0.6 is 37.9 Å². The summed E-state index contributed by atoms with van der Waals surface area (Å²) in [7, 11) is 0. The van der Waals surface area contributed by atoms with Crippen LogP contribution in [0.1, 0.15) is 110 Å². The Hall–Kier alpha value is -0.653. The number of aliphatic hydroxyl groups is 3. The minimum absolute atomic E-state index is 0.139. The molecule has 2 rings (SSSR count). The molecule has 20 heteroatoms. The summed E-state index contributed by atoms with van der Waals surface area (Å²) in [6.45, 7) is 4.08. The summed E-state index contributed by atoms with van der Waals surface area (Å²) in [5.41, 5.74) is 0. The molecule has 2 aliphatic heterocycles. The number of unbranched alkanes of at least 4 members (excludes halogenated alkanes) is 10. The first-order valence-electron chi connectivity index (χ1n) is 16.0. The molecule has 0 aliphatic carbocycles. The monoisotopic (exact) mass is 958 g/mol. The Bertz CT molecular complexity index is 1180. The van der Waals surface area contributed by atoms with Gasteiger partial charge in [0.15, 0.2) is 0 Å². The normalized spacial score (nSPS) is 28.9. The van der Waals surface area contributed by atoms with Crippen LogP contribution in [0.3, 0.4) is 0 Å². The zero-order chi connectivity index (χ0) is 36.2. The Kier molecular flexibility index (Phi) is 17.5. The topological polar surface area (TPSA) is 218 Å². The van der Waals surface area contributed by atoms with Gasteiger partial charge in [-0.1, -0.05) is 0 Å². The molecule has 15 nitrogen and oxygen atoms in total. The van der Waals surface area contributed by atoms with Gasteiger partial charge in [0, 0.05) is 0 Å². The van der Waals surface area contributed by atoms with Gasteiger partial charge in [0.25, 0.3) is 0 Å². The number of thiol groups is 3. The average Bonchev–Trinajstić information content (AvgIpc) is 3.09. The molecule has 2 aliphatic rings. The predicted octanol–water partition coefficient (Wildman–Crippen LogP) is 2.90. The Morgan fingerprint density at radius 1 is 0.708 bits per heavy atom. The van der Waals surface area contributed by atoms with Crippen molar-refractivity contribution in [1.82, 2.24) is 0 Å². The number of hydrogen-bond donors (Lipinski definition) is 6. The second-order valence-corrected chi connectivity index (χ2v) is 28.3. The van der Waals surface area contributed by atoms with Crippen molar-refractivity contribution in [3.63, 3.8) is 0 Å². The third-order valence-electron chi connectivity index (χ3n) is 7.38. The van der Waals surface area contributed by atoms with E-state index >= 15 is 0 Å². The molecule has 2 saturated heterocycles. The molecule has 3 N–H and O–H groups in total. The van der Waals surface area contributed by atoms with Crippen molar-refractivity contribution in [3.8, 4) is 0 Å². The summed E-state index contributed by atoms with van der Waals surface area (Å²) < 4.78 is 31.9. The molecule has 2 heterocycles. The van der Waals surface area contributed by atoms with Crippen LogP contribution in [0.15, 0.2) is 0 Å². The Labute approximate surface area is 307 Å². The summed E-state index contributed by atoms with van der Waals surface area (Å²) in [5, 5.41) is 31.5. The summed E-state index contributed by atoms with van der Waals surface area (Å²) >= 11 is 0.269. The molecule has 0 aromatic carbocycles. The van der Waals surface area contributed by atoms with Gasteiger partial charge in [0.05, 0.1) is 0 Å². The van der Waals surface area contributed by atoms with Gasteiger partial charge in [0.2, 0.25) is 0 Å². The molecule has 0 aromatic rings. The van der Waals surface area contributed by atoms with Crippen molar-refractivity contribution in [3.05, 3.63) is 0 Å². The van der Waals surface area contributed by atoms with Crippen molar-refractivity contribution in [2.24, 2.45) is 0 Å². The van der Waals surface area contributed by atoms with Crippen molar-refractivity contribution in [2.45, 2.75) is 134 Å². The van der Waals surface area contributed by atoms with Crippen LogP contribution < -0.4 is 0 Å². The van der Waals surface area contributed by atoms with E-state index in [1.165, 1.54) is 0 Å². The molecule has 0 bridgehead atoms. The van der Waals surface area contributed by atoms with Crippen LogP contribution in [0, 0.1) is 0 Å². The summed E-state index contributed by atoms with van der Waals surface area (Å²) in [6, 6.07) is 0. The molecule has 5 atom stereocenters. The van der Waals surface area contributed by atoms with Gasteiger partial charge in [-0.2, -0.15) is 0 Å². The molecular formula is C28H46O15S3Sn2. The van der Waals surface area contributed by atoms with Crippen molar-refractivity contribution < 1.29 is 62.5 Å². The molecule has 0 aromatic heterocycles. The second-order valence-electron chi connectivity index (χ2n) is 12.0. The van der Waals surface area contributed by atoms with E-state index in [4.69, 9.17) is 18.4 Å². The zero-order valence-electron chi connectivity index (χ0n) is 27.1. The quantitative estimate of drug-likeness (QED) is 0.0475. The average molecular weight is 956 g/mol. The molecule has 274 valence electrons. The van der Waals surface area contributed by atoms with Crippen LogP contribution in [0.2, 0.25) is 8.87 Å². The van der Waals surface area contributed by atoms with E-state index in [1.54, 1.807) is 0 Å². The molecular weight excluding hydrogens is 910 g/mol. The van der Waals surface area contributed by atoms with E-state index in [2.05, 4.69) is 37.9 Å². The maximum atomic E-state index is 13.3. The fourth-order valence-electron chi connectivity index (χ4n) is 4.79. The minimum atomic E-state index is -5.63. The van der Waals surface area contributed by atoms with Crippen molar-refractivity contribution in [1.29, 1.82) is 0 Å². The van der Waals surface area contributed by atoms with Crippen LogP contribution in [0.5, 0.6) is 0 Å². The van der Waals surface area contributed by atoms with E-state index in [-0.39, 0.29) is 8.87 Å². The molecule has 0 amide bonds. The standard InChI is InChI=1S/2C8H17.3C4H6O5S.2Sn/c2*1-3-5-7-8-6-4-2;3*5-2(6)1-4(9,10)3(7)8;;/h2*1,3-8H2,2H3;3*9-10H,1H2,(H,5,6)(H,7,8);;/q;;;;;2*+3/p-6. The molecule has 5 unspecified atom stereocenters. The van der Waals surface area contributed by atoms with E-state index in [0.717, 1.165) is 51.4 Å². The predicted molar refractivity (Wildman–Crippen MR) is 180 cm³/mol. The van der Waals surface area contributed by atoms with Crippen LogP contribution in [-0.2, 0) is 47.2 Å². The van der Waals surface area contributed by atoms with Crippen LogP contribution in [-0.4, -0.2) is 105 Å². The molecule has 2 fully saturated rings. The molecule has 0 radical (unpaired) electrons. The molecule has 48 heavy (non-hydrogen) atoms. The zero-order valence-corrected chi connectivity index (χ0v) is 35.5. The van der Waals surface area contributed by atoms with Gasteiger partial charge in [-0.05, 0) is 0 Å². The van der Waals surface area contributed by atoms with Gasteiger partial charge in [0.1, 0.15) is 0 Å². The number of hydrogen-bond acceptors (Lipinski definition) is 18. The fraction of sp³-hybridized carbons (Fsp3) is 0.786. The fourth-order valence-corrected chi connectivity index (χ4v) is 19.9.